The van der Waals surface area contributed by atoms with Crippen molar-refractivity contribution in [3.05, 3.63) is 166 Å². The topological polar surface area (TPSA) is 121 Å². The molecule has 2 aliphatic heterocycles. The number of amides is 4. The lowest BCUT2D eigenvalue weighted by atomic mass is 10.0. The quantitative estimate of drug-likeness (QED) is 0.158. The molecule has 15 heteroatoms. The van der Waals surface area contributed by atoms with Crippen LogP contribution >= 0.6 is 22.7 Å². The number of para-hydroxylation sites is 2. The summed E-state index contributed by atoms with van der Waals surface area (Å²) in [4.78, 5) is 35.6. The van der Waals surface area contributed by atoms with Gasteiger partial charge in [-0.05, 0) is 71.0 Å². The van der Waals surface area contributed by atoms with Crippen LogP contribution in [0.3, 0.4) is 0 Å². The van der Waals surface area contributed by atoms with E-state index in [1.165, 1.54) is 43.2 Å². The van der Waals surface area contributed by atoms with E-state index < -0.39 is 0 Å². The second-order valence-corrected chi connectivity index (χ2v) is 19.0. The SMILES string of the molecule is C.C.C.C.C.C.C1CCCCC1.CC.CC.CC.CC.CC.CN1CCN(C)C1=O.CN1CN(c2ccccc2)CN(C)C1=O.COC.COC.Cc1ccc(C)o1.Cc1nc2ccccc2s1.Cc1nnc(C)s1.c1ccccc1.c1ccccc1. The zero-order valence-electron chi connectivity index (χ0n) is 54.8. The van der Waals surface area contributed by atoms with Crippen LogP contribution in [-0.2, 0) is 9.47 Å². The summed E-state index contributed by atoms with van der Waals surface area (Å²) >= 11 is 3.36. The van der Waals surface area contributed by atoms with Gasteiger partial charge in [0, 0.05) is 75.4 Å². The number of hydrogen-bond acceptors (Lipinski definition) is 11. The molecule has 0 bridgehead atoms. The highest BCUT2D eigenvalue weighted by Crippen LogP contribution is 2.20. The van der Waals surface area contributed by atoms with Crippen molar-refractivity contribution in [2.24, 2.45) is 0 Å². The van der Waals surface area contributed by atoms with E-state index in [4.69, 9.17) is 4.42 Å². The minimum atomic E-state index is 0. The van der Waals surface area contributed by atoms with Gasteiger partial charge in [0.2, 0.25) is 0 Å². The van der Waals surface area contributed by atoms with E-state index in [1.54, 1.807) is 70.7 Å². The number of benzene rings is 4. The maximum Gasteiger partial charge on any atom is 0.322 e. The minimum absolute atomic E-state index is 0. The zero-order valence-corrected chi connectivity index (χ0v) is 56.4. The molecule has 0 unspecified atom stereocenters. The molecule has 506 valence electrons. The number of carbonyl (C=O) groups is 2. The van der Waals surface area contributed by atoms with Crippen molar-refractivity contribution >= 4 is 50.6 Å². The highest BCUT2D eigenvalue weighted by molar-refractivity contribution is 7.18. The first kappa shape index (κ1) is 106. The fourth-order valence-electron chi connectivity index (χ4n) is 6.32. The lowest BCUT2D eigenvalue weighted by Gasteiger charge is -2.40. The Kier molecular flexibility index (Phi) is 94.6. The van der Waals surface area contributed by atoms with Gasteiger partial charge in [0.15, 0.2) is 0 Å². The number of aryl methyl sites for hydroxylation is 5. The number of thiazole rings is 1. The summed E-state index contributed by atoms with van der Waals surface area (Å²) in [5, 5.41) is 10.8. The summed E-state index contributed by atoms with van der Waals surface area (Å²) in [5.41, 5.74) is 2.26. The first-order valence-electron chi connectivity index (χ1n) is 28.8. The van der Waals surface area contributed by atoms with E-state index >= 15 is 0 Å². The number of furan rings is 1. The van der Waals surface area contributed by atoms with E-state index in [2.05, 4.69) is 47.8 Å². The van der Waals surface area contributed by atoms with Gasteiger partial charge < -0.3 is 38.4 Å². The minimum Gasteiger partial charge on any atom is -0.467 e. The second-order valence-electron chi connectivity index (χ2n) is 16.4. The van der Waals surface area contributed by atoms with Crippen LogP contribution in [0.2, 0.25) is 0 Å². The number of nitrogens with zero attached hydrogens (tertiary/aromatic N) is 8. The van der Waals surface area contributed by atoms with E-state index in [0.717, 1.165) is 50.8 Å². The van der Waals surface area contributed by atoms with Crippen molar-refractivity contribution in [2.45, 2.75) is 187 Å². The molecule has 87 heavy (non-hydrogen) atoms. The van der Waals surface area contributed by atoms with E-state index in [1.807, 2.05) is 253 Å². The average molecular weight is 1260 g/mol. The van der Waals surface area contributed by atoms with Crippen LogP contribution in [0.25, 0.3) is 10.2 Å². The number of likely N-dealkylation sites (N-methyl/N-ethyl adjacent to an activating group) is 2. The predicted molar refractivity (Wildman–Crippen MR) is 396 cm³/mol. The Morgan fingerprint density at radius 2 is 0.667 bits per heavy atom. The number of methoxy groups -OCH3 is 2. The van der Waals surface area contributed by atoms with Gasteiger partial charge in [0.05, 0.1) is 28.6 Å². The van der Waals surface area contributed by atoms with Crippen LogP contribution in [0.1, 0.15) is 179 Å². The van der Waals surface area contributed by atoms with Crippen LogP contribution in [0.5, 0.6) is 0 Å². The summed E-state index contributed by atoms with van der Waals surface area (Å²) < 4.78 is 14.9. The molecule has 0 radical (unpaired) electrons. The third-order valence-corrected chi connectivity index (χ3v) is 11.4. The molecule has 0 N–H and O–H groups in total. The Bertz CT molecular complexity index is 2100. The molecular weight excluding hydrogens is 1120 g/mol. The summed E-state index contributed by atoms with van der Waals surface area (Å²) in [7, 11) is 13.7. The molecular formula is C72H136N8O5S2. The van der Waals surface area contributed by atoms with Gasteiger partial charge in [-0.2, -0.15) is 0 Å². The van der Waals surface area contributed by atoms with Crippen LogP contribution in [0, 0.1) is 34.6 Å². The van der Waals surface area contributed by atoms with E-state index in [0.29, 0.717) is 13.3 Å². The van der Waals surface area contributed by atoms with Crippen LogP contribution in [-0.4, -0.2) is 130 Å². The largest absolute Gasteiger partial charge is 0.467 e. The average Bonchev–Trinajstić information content (AvgIpc) is 4.44. The maximum absolute atomic E-state index is 11.5. The Morgan fingerprint density at radius 3 is 0.908 bits per heavy atom. The standard InChI is InChI=1S/C11H15N3O.C8H7NS.C6H8O.C6H12.2C6H6.C5H10N2O.C4H6N2S.2C2H6O.5C2H6.6CH4/c1-12-8-14(9-13(2)11(12)15)10-6-4-3-5-7-10;1-6-9-7-4-2-3-5-8(7)10-6;1-5-3-4-6(2)7-5;3*1-2-4-6-5-3-1;1-6-3-4-7(2)5(6)8;1-3-5-6-4(2)7-3;2*1-3-2;5*1-2;;;;;;/h3-7H,8-9H2,1-2H3;2-5H,1H3;3-4H,1-2H3;1-6H2;2*1-6H;3-4H2,1-2H3;1-2H3;2*1-2H3;5*1-2H3;6*1H4. The molecule has 4 amide bonds. The van der Waals surface area contributed by atoms with Gasteiger partial charge in [-0.1, -0.05) is 255 Å². The normalized spacial score (nSPS) is 11.1. The Balaban J connectivity index is -0.0000000819. The fraction of sp³-hybridized carbons (Fsp3) is 0.542. The first-order chi connectivity index (χ1) is 39.2. The molecule has 3 fully saturated rings. The number of ether oxygens (including phenoxy) is 2. The van der Waals surface area contributed by atoms with Gasteiger partial charge in [0.25, 0.3) is 0 Å². The molecule has 3 aromatic heterocycles. The number of fused-ring (bicyclic) bond motifs is 1. The first-order valence-corrected chi connectivity index (χ1v) is 30.4. The number of aromatic nitrogens is 3. The van der Waals surface area contributed by atoms with Crippen LogP contribution in [0.4, 0.5) is 15.3 Å². The highest BCUT2D eigenvalue weighted by atomic mass is 32.1. The number of rotatable bonds is 1. The summed E-state index contributed by atoms with van der Waals surface area (Å²) in [6, 6.07) is 46.4. The molecule has 5 heterocycles. The predicted octanol–water partition coefficient (Wildman–Crippen LogP) is 22.2. The van der Waals surface area contributed by atoms with Crippen molar-refractivity contribution in [3.63, 3.8) is 0 Å². The van der Waals surface area contributed by atoms with Crippen molar-refractivity contribution in [1.82, 2.24) is 34.8 Å². The van der Waals surface area contributed by atoms with Crippen LogP contribution in [0.15, 0.2) is 144 Å². The second kappa shape index (κ2) is 77.9. The van der Waals surface area contributed by atoms with Crippen molar-refractivity contribution < 1.29 is 23.5 Å². The third-order valence-electron chi connectivity index (χ3n) is 9.70. The van der Waals surface area contributed by atoms with Crippen molar-refractivity contribution in [1.29, 1.82) is 0 Å². The molecule has 4 aromatic carbocycles. The van der Waals surface area contributed by atoms with Crippen molar-refractivity contribution in [3.8, 4) is 0 Å². The van der Waals surface area contributed by atoms with Crippen molar-refractivity contribution in [2.75, 3.05) is 88.0 Å². The van der Waals surface area contributed by atoms with Gasteiger partial charge >= 0.3 is 12.1 Å². The molecule has 13 nitrogen and oxygen atoms in total. The molecule has 7 aromatic rings. The summed E-state index contributed by atoms with van der Waals surface area (Å²) in [6.07, 6.45) is 9.00. The molecule has 10 rings (SSSR count). The lowest BCUT2D eigenvalue weighted by Crippen LogP contribution is -2.55. The molecule has 1 saturated carbocycles. The zero-order chi connectivity index (χ0) is 62.7. The van der Waals surface area contributed by atoms with Crippen LogP contribution < -0.4 is 4.90 Å². The number of urea groups is 2. The number of carbonyl (C=O) groups excluding carboxylic acids is 2. The van der Waals surface area contributed by atoms with Gasteiger partial charge in [0.1, 0.15) is 21.5 Å². The molecule has 2 saturated heterocycles. The van der Waals surface area contributed by atoms with Gasteiger partial charge in [-0.3, -0.25) is 0 Å². The monoisotopic (exact) mass is 1260 g/mol. The molecule has 3 aliphatic rings. The maximum atomic E-state index is 11.5. The number of hydrogen-bond donors (Lipinski definition) is 0. The van der Waals surface area contributed by atoms with Gasteiger partial charge in [-0.15, -0.1) is 32.9 Å². The Morgan fingerprint density at radius 1 is 0.391 bits per heavy atom. The lowest BCUT2D eigenvalue weighted by molar-refractivity contribution is 0.154. The van der Waals surface area contributed by atoms with E-state index in [9.17, 15) is 9.59 Å². The fourth-order valence-corrected chi connectivity index (χ4v) is 7.74. The number of anilines is 1. The Labute approximate surface area is 547 Å². The molecule has 1 aliphatic carbocycles. The van der Waals surface area contributed by atoms with Gasteiger partial charge in [-0.25, -0.2) is 14.6 Å². The Hall–Kier alpha value is -6.13. The highest BCUT2D eigenvalue weighted by Gasteiger charge is 2.24. The van der Waals surface area contributed by atoms with E-state index in [-0.39, 0.29) is 56.6 Å². The summed E-state index contributed by atoms with van der Waals surface area (Å²) in [6.45, 7) is 32.8. The summed E-state index contributed by atoms with van der Waals surface area (Å²) in [5.74, 6) is 1.97. The molecule has 0 spiro atoms. The molecule has 0 atom stereocenters. The third kappa shape index (κ3) is 60.0. The smallest absolute Gasteiger partial charge is 0.322 e.